The fourth-order valence-corrected chi connectivity index (χ4v) is 6.09. The van der Waals surface area contributed by atoms with E-state index in [-0.39, 0.29) is 48.7 Å². The average Bonchev–Trinajstić information content (AvgIpc) is 3.27. The normalized spacial score (nSPS) is 23.3. The van der Waals surface area contributed by atoms with Gasteiger partial charge in [-0.2, -0.15) is 0 Å². The van der Waals surface area contributed by atoms with Gasteiger partial charge in [0.15, 0.2) is 5.65 Å². The van der Waals surface area contributed by atoms with Gasteiger partial charge in [0.05, 0.1) is 17.9 Å². The van der Waals surface area contributed by atoms with Crippen molar-refractivity contribution in [3.05, 3.63) is 47.2 Å². The zero-order valence-corrected chi connectivity index (χ0v) is 21.0. The summed E-state index contributed by atoms with van der Waals surface area (Å²) >= 11 is 0. The molecule has 0 unspecified atom stereocenters. The van der Waals surface area contributed by atoms with Crippen LogP contribution in [0, 0.1) is 5.82 Å². The number of nitrogens with two attached hydrogens (primary N) is 1. The Labute approximate surface area is 214 Å². The molecule has 5 rings (SSSR count). The number of halogens is 6. The van der Waals surface area contributed by atoms with Crippen LogP contribution in [0.2, 0.25) is 0 Å². The van der Waals surface area contributed by atoms with Gasteiger partial charge in [-0.25, -0.2) is 14.4 Å². The van der Waals surface area contributed by atoms with Gasteiger partial charge in [-0.15, -0.1) is 0 Å². The molecule has 1 aliphatic heterocycles. The minimum atomic E-state index is -9.93. The maximum atomic E-state index is 15.0. The molecule has 14 heteroatoms. The van der Waals surface area contributed by atoms with Crippen LogP contribution in [0.4, 0.5) is 29.5 Å². The summed E-state index contributed by atoms with van der Waals surface area (Å²) in [5.74, 6) is -0.683. The fraction of sp³-hybridized carbons (Fsp3) is 0.458. The number of nitrogen functional groups attached to an aromatic ring is 1. The summed E-state index contributed by atoms with van der Waals surface area (Å²) < 4.78 is 80.4. The summed E-state index contributed by atoms with van der Waals surface area (Å²) in [4.78, 5) is 24.1. The first kappa shape index (κ1) is 26.6. The molecule has 1 saturated heterocycles. The minimum Gasteiger partial charge on any atom is -0.398 e. The number of hydrogen-bond donors (Lipinski definition) is 3. The topological polar surface area (TPSA) is 108 Å². The zero-order valence-electron chi connectivity index (χ0n) is 20.1. The van der Waals surface area contributed by atoms with Crippen molar-refractivity contribution in [1.82, 2.24) is 19.9 Å². The second-order valence-electron chi connectivity index (χ2n) is 10.1. The molecular formula is C24H27F6N5O2S. The van der Waals surface area contributed by atoms with Gasteiger partial charge < -0.3 is 20.7 Å². The number of aromatic nitrogens is 3. The van der Waals surface area contributed by atoms with E-state index in [1.165, 1.54) is 4.90 Å². The minimum absolute atomic E-state index is 0.0901. The third kappa shape index (κ3) is 5.15. The molecule has 1 aromatic carbocycles. The summed E-state index contributed by atoms with van der Waals surface area (Å²) in [5, 5.41) is 9.78. The Bertz CT molecular complexity index is 1400. The van der Waals surface area contributed by atoms with E-state index >= 15 is 0 Å². The molecule has 0 bridgehead atoms. The zero-order chi connectivity index (χ0) is 27.5. The SMILES string of the molecule is Nc1cc(S(F)(F)(F)(F)F)ccc1C(=O)N1CCC(c2c(F)cnc3[nH]c([C@H]4CC[C@H](O)CC4)nc23)CC1. The predicted molar refractivity (Wildman–Crippen MR) is 131 cm³/mol. The molecule has 1 amide bonds. The number of nitrogens with one attached hydrogen (secondary N) is 1. The number of hydrogen-bond acceptors (Lipinski definition) is 5. The molecule has 2 fully saturated rings. The lowest BCUT2D eigenvalue weighted by Crippen LogP contribution is -2.38. The number of fused-ring (bicyclic) bond motifs is 1. The Balaban J connectivity index is 1.33. The van der Waals surface area contributed by atoms with Crippen molar-refractivity contribution in [2.24, 2.45) is 0 Å². The van der Waals surface area contributed by atoms with Crippen LogP contribution in [0.15, 0.2) is 29.3 Å². The highest BCUT2D eigenvalue weighted by Crippen LogP contribution is 3.02. The summed E-state index contributed by atoms with van der Waals surface area (Å²) in [5.41, 5.74) is 5.84. The molecular weight excluding hydrogens is 536 g/mol. The Hall–Kier alpha value is -3.00. The van der Waals surface area contributed by atoms with E-state index in [0.29, 0.717) is 54.3 Å². The van der Waals surface area contributed by atoms with E-state index in [0.717, 1.165) is 19.0 Å². The van der Waals surface area contributed by atoms with Gasteiger partial charge in [-0.05, 0) is 62.6 Å². The smallest absolute Gasteiger partial charge is 0.310 e. The molecule has 2 aromatic heterocycles. The van der Waals surface area contributed by atoms with Crippen molar-refractivity contribution in [3.8, 4) is 0 Å². The molecule has 3 heterocycles. The Morgan fingerprint density at radius 3 is 2.29 bits per heavy atom. The standard InChI is InChI=1S/C24H27F6N5O2S/c25-18-12-32-23-21(33-22(34-23)14-1-3-15(36)4-2-14)20(18)13-7-9-35(10-8-13)24(37)17-6-5-16(11-19(17)31)38(26,27,28,29)30/h5-6,11-15,36H,1-4,7-10,31H2,(H,32,33,34)/t14-,15-. The van der Waals surface area contributed by atoms with Crippen LogP contribution < -0.4 is 5.73 Å². The van der Waals surface area contributed by atoms with Gasteiger partial charge in [-0.1, -0.05) is 19.4 Å². The number of rotatable bonds is 4. The van der Waals surface area contributed by atoms with Crippen LogP contribution in [-0.2, 0) is 0 Å². The molecule has 4 N–H and O–H groups in total. The van der Waals surface area contributed by atoms with Crippen molar-refractivity contribution in [2.75, 3.05) is 18.8 Å². The molecule has 0 atom stereocenters. The summed E-state index contributed by atoms with van der Waals surface area (Å²) in [6.45, 7) is 0.320. The lowest BCUT2D eigenvalue weighted by Gasteiger charge is -2.40. The van der Waals surface area contributed by atoms with Crippen molar-refractivity contribution in [1.29, 1.82) is 0 Å². The van der Waals surface area contributed by atoms with E-state index in [4.69, 9.17) is 5.73 Å². The van der Waals surface area contributed by atoms with Gasteiger partial charge in [0.25, 0.3) is 5.91 Å². The largest absolute Gasteiger partial charge is 0.398 e. The maximum Gasteiger partial charge on any atom is 0.310 e. The van der Waals surface area contributed by atoms with Gasteiger partial charge in [0, 0.05) is 30.3 Å². The Morgan fingerprint density at radius 2 is 1.68 bits per heavy atom. The molecule has 3 aromatic rings. The number of piperidine rings is 1. The quantitative estimate of drug-likeness (QED) is 0.252. The van der Waals surface area contributed by atoms with E-state index in [9.17, 15) is 33.7 Å². The van der Waals surface area contributed by atoms with Crippen LogP contribution in [0.25, 0.3) is 11.2 Å². The third-order valence-electron chi connectivity index (χ3n) is 7.50. The number of pyridine rings is 1. The lowest BCUT2D eigenvalue weighted by atomic mass is 9.87. The maximum absolute atomic E-state index is 15.0. The average molecular weight is 564 g/mol. The number of aliphatic hydroxyl groups is 1. The second kappa shape index (κ2) is 8.50. The molecule has 1 aliphatic carbocycles. The number of imidazole rings is 1. The number of amides is 1. The second-order valence-corrected chi connectivity index (χ2v) is 12.5. The Morgan fingerprint density at radius 1 is 1.03 bits per heavy atom. The van der Waals surface area contributed by atoms with E-state index < -0.39 is 32.5 Å². The van der Waals surface area contributed by atoms with Crippen LogP contribution in [0.5, 0.6) is 0 Å². The molecule has 208 valence electrons. The monoisotopic (exact) mass is 563 g/mol. The first-order valence-corrected chi connectivity index (χ1v) is 14.2. The van der Waals surface area contributed by atoms with E-state index in [1.807, 2.05) is 0 Å². The summed E-state index contributed by atoms with van der Waals surface area (Å²) in [6.07, 6.45) is 4.34. The number of benzene rings is 1. The van der Waals surface area contributed by atoms with Crippen molar-refractivity contribution in [2.45, 2.75) is 61.4 Å². The highest BCUT2D eigenvalue weighted by Gasteiger charge is 2.65. The number of carbonyl (C=O) groups is 1. The molecule has 38 heavy (non-hydrogen) atoms. The highest BCUT2D eigenvalue weighted by molar-refractivity contribution is 8.45. The van der Waals surface area contributed by atoms with Crippen molar-refractivity contribution in [3.63, 3.8) is 0 Å². The first-order chi connectivity index (χ1) is 17.6. The van der Waals surface area contributed by atoms with Crippen LogP contribution in [0.3, 0.4) is 0 Å². The number of aliphatic hydroxyl groups excluding tert-OH is 1. The van der Waals surface area contributed by atoms with E-state index in [1.54, 1.807) is 0 Å². The number of likely N-dealkylation sites (tertiary alicyclic amines) is 1. The van der Waals surface area contributed by atoms with Gasteiger partial charge in [-0.3, -0.25) is 4.79 Å². The molecule has 0 radical (unpaired) electrons. The number of aromatic amines is 1. The molecule has 1 saturated carbocycles. The van der Waals surface area contributed by atoms with Crippen molar-refractivity contribution < 1.29 is 33.7 Å². The number of carbonyl (C=O) groups excluding carboxylic acids is 1. The van der Waals surface area contributed by atoms with Crippen LogP contribution in [-0.4, -0.2) is 50.1 Å². The van der Waals surface area contributed by atoms with E-state index in [2.05, 4.69) is 15.0 Å². The Kier molecular flexibility index (Phi) is 5.95. The summed E-state index contributed by atoms with van der Waals surface area (Å²) in [6, 6.07) is 0.925. The lowest BCUT2D eigenvalue weighted by molar-refractivity contribution is 0.0713. The van der Waals surface area contributed by atoms with Crippen molar-refractivity contribution >= 4 is 33.0 Å². The molecule has 7 nitrogen and oxygen atoms in total. The predicted octanol–water partition coefficient (Wildman–Crippen LogP) is 6.37. The van der Waals surface area contributed by atoms with Gasteiger partial charge in [0.1, 0.15) is 22.1 Å². The van der Waals surface area contributed by atoms with Crippen LogP contribution in [0.1, 0.15) is 72.1 Å². The fourth-order valence-electron chi connectivity index (χ4n) is 5.42. The summed E-state index contributed by atoms with van der Waals surface area (Å²) in [7, 11) is -9.93. The first-order valence-electron chi connectivity index (χ1n) is 12.3. The number of anilines is 1. The highest BCUT2D eigenvalue weighted by atomic mass is 32.5. The number of nitrogens with zero attached hydrogens (tertiary/aromatic N) is 3. The molecule has 0 spiro atoms. The third-order valence-corrected chi connectivity index (χ3v) is 8.64. The molecule has 2 aliphatic rings. The van der Waals surface area contributed by atoms with Gasteiger partial charge >= 0.3 is 10.2 Å². The van der Waals surface area contributed by atoms with Gasteiger partial charge in [0.2, 0.25) is 0 Å². The van der Waals surface area contributed by atoms with Crippen LogP contribution >= 0.6 is 10.2 Å². The number of H-pyrrole nitrogens is 1.